The van der Waals surface area contributed by atoms with Crippen LogP contribution in [0.25, 0.3) is 0 Å². The van der Waals surface area contributed by atoms with Crippen molar-refractivity contribution in [3.05, 3.63) is 35.9 Å². The average Bonchev–Trinajstić information content (AvgIpc) is 3.28. The van der Waals surface area contributed by atoms with Gasteiger partial charge in [0.2, 0.25) is 0 Å². The van der Waals surface area contributed by atoms with E-state index in [2.05, 4.69) is 29.6 Å². The number of benzene rings is 1. The second kappa shape index (κ2) is 6.52. The quantitative estimate of drug-likeness (QED) is 0.927. The van der Waals surface area contributed by atoms with Crippen LogP contribution < -0.4 is 5.32 Å². The Morgan fingerprint density at radius 3 is 2.43 bits per heavy atom. The molecule has 0 spiro atoms. The van der Waals surface area contributed by atoms with Crippen LogP contribution in [-0.4, -0.2) is 41.8 Å². The maximum Gasteiger partial charge on any atom is 0.410 e. The summed E-state index contributed by atoms with van der Waals surface area (Å²) in [6, 6.07) is 11.1. The van der Waals surface area contributed by atoms with E-state index >= 15 is 0 Å². The molecule has 4 nitrogen and oxygen atoms in total. The van der Waals surface area contributed by atoms with Crippen molar-refractivity contribution in [1.29, 1.82) is 0 Å². The summed E-state index contributed by atoms with van der Waals surface area (Å²) in [5.74, 6) is 0.457. The summed E-state index contributed by atoms with van der Waals surface area (Å²) in [5, 5.41) is 3.38. The zero-order chi connectivity index (χ0) is 16.4. The van der Waals surface area contributed by atoms with Crippen LogP contribution in [0.5, 0.6) is 0 Å². The van der Waals surface area contributed by atoms with Crippen molar-refractivity contribution >= 4 is 6.09 Å². The SMILES string of the molecule is CC(C)(C)OC(=O)N(C1CCNCC1)[C@@H]1CC1c1ccccc1. The fourth-order valence-corrected chi connectivity index (χ4v) is 3.50. The molecule has 1 saturated carbocycles. The predicted octanol–water partition coefficient (Wildman–Crippen LogP) is 3.53. The molecule has 1 unspecified atom stereocenters. The van der Waals surface area contributed by atoms with Gasteiger partial charge in [-0.25, -0.2) is 4.79 Å². The first-order valence-electron chi connectivity index (χ1n) is 8.73. The van der Waals surface area contributed by atoms with E-state index in [9.17, 15) is 4.79 Å². The van der Waals surface area contributed by atoms with Gasteiger partial charge in [-0.05, 0) is 58.7 Å². The first kappa shape index (κ1) is 16.3. The Morgan fingerprint density at radius 2 is 1.83 bits per heavy atom. The van der Waals surface area contributed by atoms with E-state index in [-0.39, 0.29) is 12.1 Å². The molecular formula is C19H28N2O2. The van der Waals surface area contributed by atoms with Crippen molar-refractivity contribution in [2.75, 3.05) is 13.1 Å². The molecule has 1 amide bonds. The first-order valence-corrected chi connectivity index (χ1v) is 8.73. The topological polar surface area (TPSA) is 41.6 Å². The second-order valence-electron chi connectivity index (χ2n) is 7.69. The number of nitrogens with zero attached hydrogens (tertiary/aromatic N) is 1. The molecule has 126 valence electrons. The summed E-state index contributed by atoms with van der Waals surface area (Å²) in [6.07, 6.45) is 2.93. The van der Waals surface area contributed by atoms with Gasteiger partial charge >= 0.3 is 6.09 Å². The standard InChI is InChI=1S/C19H28N2O2/c1-19(2,3)23-18(22)21(15-9-11-20-12-10-15)17-13-16(17)14-7-5-4-6-8-14/h4-8,15-17,20H,9-13H2,1-3H3/t16?,17-/m1/s1. The normalized spacial score (nSPS) is 25.0. The Balaban J connectivity index is 1.75. The largest absolute Gasteiger partial charge is 0.444 e. The molecule has 1 aliphatic heterocycles. The molecular weight excluding hydrogens is 288 g/mol. The van der Waals surface area contributed by atoms with Gasteiger partial charge in [-0.3, -0.25) is 0 Å². The highest BCUT2D eigenvalue weighted by Crippen LogP contribution is 2.46. The molecule has 1 aromatic rings. The van der Waals surface area contributed by atoms with Crippen molar-refractivity contribution in [1.82, 2.24) is 10.2 Å². The van der Waals surface area contributed by atoms with Gasteiger partial charge in [0.15, 0.2) is 0 Å². The lowest BCUT2D eigenvalue weighted by Crippen LogP contribution is -2.49. The fraction of sp³-hybridized carbons (Fsp3) is 0.632. The number of nitrogens with one attached hydrogen (secondary N) is 1. The Kier molecular flexibility index (Phi) is 4.62. The van der Waals surface area contributed by atoms with Gasteiger partial charge < -0.3 is 15.0 Å². The third-order valence-electron chi connectivity index (χ3n) is 4.65. The summed E-state index contributed by atoms with van der Waals surface area (Å²) in [6.45, 7) is 7.77. The molecule has 1 saturated heterocycles. The molecule has 1 N–H and O–H groups in total. The van der Waals surface area contributed by atoms with Gasteiger partial charge in [0, 0.05) is 18.0 Å². The van der Waals surface area contributed by atoms with Crippen molar-refractivity contribution in [2.24, 2.45) is 0 Å². The number of piperidine rings is 1. The number of carbonyl (C=O) groups is 1. The predicted molar refractivity (Wildman–Crippen MR) is 91.6 cm³/mol. The van der Waals surface area contributed by atoms with Gasteiger partial charge in [0.1, 0.15) is 5.60 Å². The van der Waals surface area contributed by atoms with Crippen LogP contribution in [0.2, 0.25) is 0 Å². The fourth-order valence-electron chi connectivity index (χ4n) is 3.50. The number of hydrogen-bond acceptors (Lipinski definition) is 3. The molecule has 2 fully saturated rings. The van der Waals surface area contributed by atoms with Crippen molar-refractivity contribution in [2.45, 2.75) is 63.6 Å². The molecule has 23 heavy (non-hydrogen) atoms. The van der Waals surface area contributed by atoms with E-state index in [0.29, 0.717) is 12.0 Å². The first-order chi connectivity index (χ1) is 11.0. The molecule has 4 heteroatoms. The van der Waals surface area contributed by atoms with Crippen molar-refractivity contribution in [3.63, 3.8) is 0 Å². The van der Waals surface area contributed by atoms with Crippen LogP contribution in [-0.2, 0) is 4.74 Å². The Bertz CT molecular complexity index is 532. The van der Waals surface area contributed by atoms with E-state index < -0.39 is 5.60 Å². The number of ether oxygens (including phenoxy) is 1. The average molecular weight is 316 g/mol. The number of hydrogen-bond donors (Lipinski definition) is 1. The summed E-state index contributed by atoms with van der Waals surface area (Å²) < 4.78 is 5.71. The molecule has 1 aliphatic carbocycles. The summed E-state index contributed by atoms with van der Waals surface area (Å²) in [4.78, 5) is 14.8. The van der Waals surface area contributed by atoms with E-state index in [4.69, 9.17) is 4.74 Å². The number of carbonyl (C=O) groups excluding carboxylic acids is 1. The summed E-state index contributed by atoms with van der Waals surface area (Å²) in [5.41, 5.74) is 0.888. The van der Waals surface area contributed by atoms with E-state index in [1.54, 1.807) is 0 Å². The monoisotopic (exact) mass is 316 g/mol. The van der Waals surface area contributed by atoms with Crippen LogP contribution in [0.3, 0.4) is 0 Å². The Morgan fingerprint density at radius 1 is 1.17 bits per heavy atom. The third kappa shape index (κ3) is 4.05. The van der Waals surface area contributed by atoms with Crippen molar-refractivity contribution in [3.8, 4) is 0 Å². The van der Waals surface area contributed by atoms with Gasteiger partial charge in [-0.15, -0.1) is 0 Å². The lowest BCUT2D eigenvalue weighted by Gasteiger charge is -2.36. The molecule has 2 aliphatic rings. The maximum absolute atomic E-state index is 12.8. The van der Waals surface area contributed by atoms with E-state index in [1.807, 2.05) is 31.7 Å². The third-order valence-corrected chi connectivity index (χ3v) is 4.65. The highest BCUT2D eigenvalue weighted by Gasteiger charge is 2.48. The van der Waals surface area contributed by atoms with Gasteiger partial charge in [-0.1, -0.05) is 30.3 Å². The van der Waals surface area contributed by atoms with E-state index in [1.165, 1.54) is 5.56 Å². The maximum atomic E-state index is 12.8. The zero-order valence-corrected chi connectivity index (χ0v) is 14.4. The van der Waals surface area contributed by atoms with Crippen molar-refractivity contribution < 1.29 is 9.53 Å². The number of amides is 1. The summed E-state index contributed by atoms with van der Waals surface area (Å²) in [7, 11) is 0. The lowest BCUT2D eigenvalue weighted by molar-refractivity contribution is 0.0102. The minimum atomic E-state index is -0.445. The highest BCUT2D eigenvalue weighted by atomic mass is 16.6. The van der Waals surface area contributed by atoms with Gasteiger partial charge in [0.05, 0.1) is 0 Å². The highest BCUT2D eigenvalue weighted by molar-refractivity contribution is 5.70. The second-order valence-corrected chi connectivity index (χ2v) is 7.69. The Hall–Kier alpha value is -1.55. The molecule has 3 rings (SSSR count). The minimum absolute atomic E-state index is 0.146. The zero-order valence-electron chi connectivity index (χ0n) is 14.4. The summed E-state index contributed by atoms with van der Waals surface area (Å²) >= 11 is 0. The molecule has 1 aromatic carbocycles. The number of rotatable bonds is 3. The molecule has 0 bridgehead atoms. The molecule has 2 atom stereocenters. The van der Waals surface area contributed by atoms with Gasteiger partial charge in [0.25, 0.3) is 0 Å². The van der Waals surface area contributed by atoms with Crippen LogP contribution in [0.4, 0.5) is 4.79 Å². The smallest absolute Gasteiger partial charge is 0.410 e. The van der Waals surface area contributed by atoms with Gasteiger partial charge in [-0.2, -0.15) is 0 Å². The Labute approximate surface area is 139 Å². The van der Waals surface area contributed by atoms with E-state index in [0.717, 1.165) is 32.4 Å². The minimum Gasteiger partial charge on any atom is -0.444 e. The van der Waals surface area contributed by atoms with Crippen LogP contribution in [0.1, 0.15) is 51.5 Å². The molecule has 0 aromatic heterocycles. The molecule has 1 heterocycles. The molecule has 0 radical (unpaired) electrons. The van der Waals surface area contributed by atoms with Crippen LogP contribution in [0, 0.1) is 0 Å². The van der Waals surface area contributed by atoms with Crippen LogP contribution in [0.15, 0.2) is 30.3 Å². The van der Waals surface area contributed by atoms with Crippen LogP contribution >= 0.6 is 0 Å². The lowest BCUT2D eigenvalue weighted by atomic mass is 10.0.